The van der Waals surface area contributed by atoms with Gasteiger partial charge in [0.2, 0.25) is 0 Å². The topological polar surface area (TPSA) is 41.6 Å². The molecule has 0 aliphatic rings. The largest absolute Gasteiger partial charge is 0.340 e. The monoisotopic (exact) mass is 243 g/mol. The molecule has 4 heteroatoms. The van der Waals surface area contributed by atoms with Crippen molar-refractivity contribution < 1.29 is 0 Å². The van der Waals surface area contributed by atoms with Crippen molar-refractivity contribution in [2.45, 2.75) is 5.88 Å². The minimum atomic E-state index is 0.428. The number of hydrogen-bond acceptors (Lipinski definition) is 2. The van der Waals surface area contributed by atoms with Crippen LogP contribution in [0.4, 0.5) is 0 Å². The molecule has 0 spiro atoms. The van der Waals surface area contributed by atoms with Crippen LogP contribution in [0.1, 0.15) is 5.69 Å². The third kappa shape index (κ3) is 1.78. The molecule has 0 unspecified atom stereocenters. The third-order valence-electron chi connectivity index (χ3n) is 2.67. The number of alkyl halides is 1. The maximum absolute atomic E-state index is 5.75. The summed E-state index contributed by atoms with van der Waals surface area (Å²) in [5.41, 5.74) is 1.76. The van der Waals surface area contributed by atoms with Crippen molar-refractivity contribution >= 4 is 22.4 Å². The fraction of sp³-hybridized carbons (Fsp3) is 0.0769. The number of nitrogens with zero attached hydrogens (tertiary/aromatic N) is 2. The molecule has 1 aromatic carbocycles. The fourth-order valence-corrected chi connectivity index (χ4v) is 1.99. The lowest BCUT2D eigenvalue weighted by Gasteiger charge is -2.02. The summed E-state index contributed by atoms with van der Waals surface area (Å²) >= 11 is 5.75. The molecule has 2 aromatic heterocycles. The third-order valence-corrected chi connectivity index (χ3v) is 2.96. The van der Waals surface area contributed by atoms with Gasteiger partial charge >= 0.3 is 0 Å². The quantitative estimate of drug-likeness (QED) is 0.701. The average molecular weight is 244 g/mol. The SMILES string of the molecule is ClCc1cnc(-c2nccc3ccccc23)[nH]1. The predicted octanol–water partition coefficient (Wildman–Crippen LogP) is 3.36. The van der Waals surface area contributed by atoms with Crippen molar-refractivity contribution in [2.75, 3.05) is 0 Å². The highest BCUT2D eigenvalue weighted by Gasteiger charge is 2.08. The minimum Gasteiger partial charge on any atom is -0.340 e. The van der Waals surface area contributed by atoms with E-state index < -0.39 is 0 Å². The molecule has 0 aliphatic heterocycles. The van der Waals surface area contributed by atoms with Crippen LogP contribution in [0.5, 0.6) is 0 Å². The Hall–Kier alpha value is -1.87. The molecular weight excluding hydrogens is 234 g/mol. The second kappa shape index (κ2) is 4.18. The van der Waals surface area contributed by atoms with Gasteiger partial charge in [-0.25, -0.2) is 4.98 Å². The van der Waals surface area contributed by atoms with Gasteiger partial charge in [-0.15, -0.1) is 11.6 Å². The van der Waals surface area contributed by atoms with E-state index in [-0.39, 0.29) is 0 Å². The second-order valence-corrected chi connectivity index (χ2v) is 4.04. The first-order chi connectivity index (χ1) is 8.38. The molecule has 3 rings (SSSR count). The number of fused-ring (bicyclic) bond motifs is 1. The van der Waals surface area contributed by atoms with Gasteiger partial charge in [0.05, 0.1) is 5.88 Å². The van der Waals surface area contributed by atoms with Crippen LogP contribution < -0.4 is 0 Å². The number of rotatable bonds is 2. The van der Waals surface area contributed by atoms with Gasteiger partial charge in [0.25, 0.3) is 0 Å². The van der Waals surface area contributed by atoms with Gasteiger partial charge in [0.1, 0.15) is 5.69 Å². The zero-order valence-electron chi connectivity index (χ0n) is 9.02. The number of benzene rings is 1. The summed E-state index contributed by atoms with van der Waals surface area (Å²) in [4.78, 5) is 11.9. The van der Waals surface area contributed by atoms with Gasteiger partial charge in [-0.05, 0) is 11.5 Å². The standard InChI is InChI=1S/C13H10ClN3/c14-7-10-8-16-13(17-10)12-11-4-2-1-3-9(11)5-6-15-12/h1-6,8H,7H2,(H,16,17). The molecule has 0 atom stereocenters. The summed E-state index contributed by atoms with van der Waals surface area (Å²) in [6.07, 6.45) is 3.53. The Balaban J connectivity index is 2.23. The van der Waals surface area contributed by atoms with E-state index >= 15 is 0 Å². The van der Waals surface area contributed by atoms with Gasteiger partial charge in [-0.3, -0.25) is 4.98 Å². The number of aromatic amines is 1. The van der Waals surface area contributed by atoms with Crippen LogP contribution in [0, 0.1) is 0 Å². The maximum atomic E-state index is 5.75. The predicted molar refractivity (Wildman–Crippen MR) is 68.9 cm³/mol. The number of H-pyrrole nitrogens is 1. The zero-order valence-corrected chi connectivity index (χ0v) is 9.78. The van der Waals surface area contributed by atoms with Crippen molar-refractivity contribution in [1.29, 1.82) is 0 Å². The molecule has 2 heterocycles. The number of aromatic nitrogens is 3. The number of pyridine rings is 1. The highest BCUT2D eigenvalue weighted by molar-refractivity contribution is 6.16. The molecule has 0 fully saturated rings. The van der Waals surface area contributed by atoms with Gasteiger partial charge in [-0.2, -0.15) is 0 Å². The normalized spacial score (nSPS) is 10.9. The van der Waals surface area contributed by atoms with Crippen LogP contribution in [0.2, 0.25) is 0 Å². The summed E-state index contributed by atoms with van der Waals surface area (Å²) in [6.45, 7) is 0. The molecule has 0 amide bonds. The molecule has 84 valence electrons. The van der Waals surface area contributed by atoms with Crippen LogP contribution >= 0.6 is 11.6 Å². The zero-order chi connectivity index (χ0) is 11.7. The van der Waals surface area contributed by atoms with Gasteiger partial charge in [-0.1, -0.05) is 24.3 Å². The molecule has 0 radical (unpaired) electrons. The highest BCUT2D eigenvalue weighted by atomic mass is 35.5. The average Bonchev–Trinajstić information content (AvgIpc) is 2.87. The highest BCUT2D eigenvalue weighted by Crippen LogP contribution is 2.24. The smallest absolute Gasteiger partial charge is 0.156 e. The van der Waals surface area contributed by atoms with E-state index in [4.69, 9.17) is 11.6 Å². The summed E-state index contributed by atoms with van der Waals surface area (Å²) in [7, 11) is 0. The molecule has 3 aromatic rings. The summed E-state index contributed by atoms with van der Waals surface area (Å²) < 4.78 is 0. The van der Waals surface area contributed by atoms with Crippen LogP contribution in [0.15, 0.2) is 42.7 Å². The Morgan fingerprint density at radius 2 is 2.00 bits per heavy atom. The van der Waals surface area contributed by atoms with E-state index in [1.54, 1.807) is 12.4 Å². The molecule has 17 heavy (non-hydrogen) atoms. The van der Waals surface area contributed by atoms with Crippen LogP contribution in [0.25, 0.3) is 22.3 Å². The van der Waals surface area contributed by atoms with E-state index in [1.165, 1.54) is 0 Å². The van der Waals surface area contributed by atoms with Gasteiger partial charge in [0.15, 0.2) is 5.82 Å². The molecule has 1 N–H and O–H groups in total. The number of nitrogens with one attached hydrogen (secondary N) is 1. The summed E-state index contributed by atoms with van der Waals surface area (Å²) in [5.74, 6) is 1.19. The van der Waals surface area contributed by atoms with Crippen molar-refractivity contribution in [3.05, 3.63) is 48.4 Å². The molecular formula is C13H10ClN3. The van der Waals surface area contributed by atoms with Crippen LogP contribution in [-0.4, -0.2) is 15.0 Å². The Morgan fingerprint density at radius 1 is 1.12 bits per heavy atom. The Morgan fingerprint density at radius 3 is 2.82 bits per heavy atom. The summed E-state index contributed by atoms with van der Waals surface area (Å²) in [6, 6.07) is 10.1. The number of halogens is 1. The summed E-state index contributed by atoms with van der Waals surface area (Å²) in [5, 5.41) is 2.24. The first-order valence-corrected chi connectivity index (χ1v) is 5.86. The molecule has 3 nitrogen and oxygen atoms in total. The van der Waals surface area contributed by atoms with Crippen LogP contribution in [-0.2, 0) is 5.88 Å². The van der Waals surface area contributed by atoms with Gasteiger partial charge < -0.3 is 4.98 Å². The molecule has 0 saturated carbocycles. The van der Waals surface area contributed by atoms with Crippen LogP contribution in [0.3, 0.4) is 0 Å². The van der Waals surface area contributed by atoms with Crippen molar-refractivity contribution in [2.24, 2.45) is 0 Å². The first kappa shape index (κ1) is 10.3. The Kier molecular flexibility index (Phi) is 2.53. The van der Waals surface area contributed by atoms with Gasteiger partial charge in [0, 0.05) is 23.5 Å². The van der Waals surface area contributed by atoms with E-state index in [0.29, 0.717) is 5.88 Å². The lowest BCUT2D eigenvalue weighted by molar-refractivity contribution is 1.20. The lowest BCUT2D eigenvalue weighted by Crippen LogP contribution is -1.88. The van der Waals surface area contributed by atoms with E-state index in [9.17, 15) is 0 Å². The maximum Gasteiger partial charge on any atom is 0.156 e. The van der Waals surface area contributed by atoms with Crippen molar-refractivity contribution in [1.82, 2.24) is 15.0 Å². The second-order valence-electron chi connectivity index (χ2n) is 3.77. The van der Waals surface area contributed by atoms with Crippen molar-refractivity contribution in [3.8, 4) is 11.5 Å². The van der Waals surface area contributed by atoms with E-state index in [2.05, 4.69) is 21.0 Å². The van der Waals surface area contributed by atoms with E-state index in [1.807, 2.05) is 24.3 Å². The molecule has 0 aliphatic carbocycles. The lowest BCUT2D eigenvalue weighted by atomic mass is 10.1. The fourth-order valence-electron chi connectivity index (χ4n) is 1.86. The first-order valence-electron chi connectivity index (χ1n) is 5.32. The number of hydrogen-bond donors (Lipinski definition) is 1. The molecule has 0 bridgehead atoms. The Labute approximate surface area is 103 Å². The van der Waals surface area contributed by atoms with E-state index in [0.717, 1.165) is 28.0 Å². The minimum absolute atomic E-state index is 0.428. The van der Waals surface area contributed by atoms with Crippen molar-refractivity contribution in [3.63, 3.8) is 0 Å². The molecule has 0 saturated heterocycles. The number of imidazole rings is 1. The Bertz CT molecular complexity index is 655.